The second-order valence-corrected chi connectivity index (χ2v) is 6.23. The summed E-state index contributed by atoms with van der Waals surface area (Å²) in [6.07, 6.45) is 0.603. The molecule has 1 aliphatic heterocycles. The first kappa shape index (κ1) is 14.9. The van der Waals surface area contributed by atoms with E-state index in [1.54, 1.807) is 0 Å². The molecule has 2 aromatic rings. The van der Waals surface area contributed by atoms with Gasteiger partial charge in [0.25, 0.3) is 0 Å². The van der Waals surface area contributed by atoms with Crippen molar-refractivity contribution >= 4 is 5.78 Å². The Labute approximate surface area is 131 Å². The van der Waals surface area contributed by atoms with E-state index >= 15 is 0 Å². The maximum Gasteiger partial charge on any atom is 0.174 e. The molecule has 3 rings (SSSR count). The van der Waals surface area contributed by atoms with E-state index in [2.05, 4.69) is 7.05 Å². The van der Waals surface area contributed by atoms with Crippen LogP contribution >= 0.6 is 0 Å². The number of benzene rings is 2. The zero-order valence-electron chi connectivity index (χ0n) is 12.8. The zero-order chi connectivity index (χ0) is 15.6. The Bertz CT molecular complexity index is 641. The number of carbonyl (C=O) groups excluding carboxylic acids is 1. The maximum atomic E-state index is 13.0. The van der Waals surface area contributed by atoms with Gasteiger partial charge in [0.15, 0.2) is 5.78 Å². The van der Waals surface area contributed by atoms with Crippen molar-refractivity contribution in [3.8, 4) is 0 Å². The van der Waals surface area contributed by atoms with Gasteiger partial charge < -0.3 is 10.0 Å². The summed E-state index contributed by atoms with van der Waals surface area (Å²) in [5, 5.41) is 11.3. The standard InChI is InChI=1S/C19H21NO2/c1-20-13-12-19(22,16-10-6-3-7-11-16)17(14-20)18(21)15-8-4-2-5-9-15/h2-11,17,22H,12-14H2,1H3/p+1/t17-,19-/m1/s1. The van der Waals surface area contributed by atoms with Gasteiger partial charge in [0.05, 0.1) is 20.1 Å². The van der Waals surface area contributed by atoms with Gasteiger partial charge in [0.2, 0.25) is 0 Å². The Morgan fingerprint density at radius 3 is 2.32 bits per heavy atom. The van der Waals surface area contributed by atoms with Gasteiger partial charge in [-0.2, -0.15) is 0 Å². The van der Waals surface area contributed by atoms with E-state index < -0.39 is 11.5 Å². The third kappa shape index (κ3) is 2.70. The van der Waals surface area contributed by atoms with E-state index in [1.165, 1.54) is 4.90 Å². The second-order valence-electron chi connectivity index (χ2n) is 6.23. The van der Waals surface area contributed by atoms with E-state index in [4.69, 9.17) is 0 Å². The van der Waals surface area contributed by atoms with Crippen molar-refractivity contribution in [1.29, 1.82) is 0 Å². The van der Waals surface area contributed by atoms with Crippen LogP contribution in [0.2, 0.25) is 0 Å². The lowest BCUT2D eigenvalue weighted by molar-refractivity contribution is -0.890. The average molecular weight is 296 g/mol. The molecule has 1 saturated heterocycles. The van der Waals surface area contributed by atoms with Gasteiger partial charge in [0.1, 0.15) is 11.5 Å². The fraction of sp³-hybridized carbons (Fsp3) is 0.316. The van der Waals surface area contributed by atoms with Crippen LogP contribution in [0.25, 0.3) is 0 Å². The third-order valence-corrected chi connectivity index (χ3v) is 4.71. The van der Waals surface area contributed by atoms with Crippen molar-refractivity contribution in [3.63, 3.8) is 0 Å². The number of aliphatic hydroxyl groups is 1. The quantitative estimate of drug-likeness (QED) is 0.838. The summed E-state index contributed by atoms with van der Waals surface area (Å²) in [6.45, 7) is 1.52. The molecule has 3 atom stereocenters. The normalized spacial score (nSPS) is 28.3. The van der Waals surface area contributed by atoms with Crippen molar-refractivity contribution in [2.75, 3.05) is 20.1 Å². The van der Waals surface area contributed by atoms with Gasteiger partial charge in [-0.05, 0) is 5.56 Å². The minimum absolute atomic E-state index is 0.0333. The summed E-state index contributed by atoms with van der Waals surface area (Å²) in [7, 11) is 2.08. The molecule has 3 heteroatoms. The van der Waals surface area contributed by atoms with Crippen LogP contribution in [0.4, 0.5) is 0 Å². The average Bonchev–Trinajstić information content (AvgIpc) is 2.58. The Morgan fingerprint density at radius 2 is 1.68 bits per heavy atom. The fourth-order valence-electron chi connectivity index (χ4n) is 3.38. The Hall–Kier alpha value is -1.97. The third-order valence-electron chi connectivity index (χ3n) is 4.71. The number of ketones is 1. The lowest BCUT2D eigenvalue weighted by Crippen LogP contribution is -3.12. The van der Waals surface area contributed by atoms with Gasteiger partial charge in [-0.1, -0.05) is 60.7 Å². The van der Waals surface area contributed by atoms with Crippen LogP contribution in [0.1, 0.15) is 22.3 Å². The number of hydrogen-bond acceptors (Lipinski definition) is 2. The van der Waals surface area contributed by atoms with E-state index in [9.17, 15) is 9.90 Å². The summed E-state index contributed by atoms with van der Waals surface area (Å²) in [6, 6.07) is 18.9. The van der Waals surface area contributed by atoms with Gasteiger partial charge in [0, 0.05) is 12.0 Å². The highest BCUT2D eigenvalue weighted by molar-refractivity contribution is 5.98. The number of carbonyl (C=O) groups is 1. The minimum atomic E-state index is -1.08. The van der Waals surface area contributed by atoms with Gasteiger partial charge in [-0.3, -0.25) is 4.79 Å². The van der Waals surface area contributed by atoms with Gasteiger partial charge in [-0.25, -0.2) is 0 Å². The molecule has 0 bridgehead atoms. The summed E-state index contributed by atoms with van der Waals surface area (Å²) in [4.78, 5) is 14.2. The molecule has 1 unspecified atom stereocenters. The molecule has 2 N–H and O–H groups in total. The van der Waals surface area contributed by atoms with Gasteiger partial charge >= 0.3 is 0 Å². The van der Waals surface area contributed by atoms with Crippen molar-refractivity contribution < 1.29 is 14.8 Å². The SMILES string of the molecule is C[NH+]1CC[C@@](O)(c2ccccc2)[C@@H](C(=O)c2ccccc2)C1. The van der Waals surface area contributed by atoms with Crippen LogP contribution in [0.3, 0.4) is 0 Å². The molecular weight excluding hydrogens is 274 g/mol. The fourth-order valence-corrected chi connectivity index (χ4v) is 3.38. The molecule has 114 valence electrons. The van der Waals surface area contributed by atoms with Crippen LogP contribution in [-0.4, -0.2) is 31.0 Å². The molecule has 0 spiro atoms. The van der Waals surface area contributed by atoms with Gasteiger partial charge in [-0.15, -0.1) is 0 Å². The van der Waals surface area contributed by atoms with E-state index in [1.807, 2.05) is 60.7 Å². The zero-order valence-corrected chi connectivity index (χ0v) is 12.8. The largest absolute Gasteiger partial charge is 0.384 e. The number of quaternary nitrogens is 1. The molecule has 22 heavy (non-hydrogen) atoms. The minimum Gasteiger partial charge on any atom is -0.384 e. The first-order valence-electron chi connectivity index (χ1n) is 7.80. The summed E-state index contributed by atoms with van der Waals surface area (Å²) in [5.41, 5.74) is 0.446. The molecule has 1 fully saturated rings. The molecule has 3 nitrogen and oxygen atoms in total. The van der Waals surface area contributed by atoms with Crippen LogP contribution in [0, 0.1) is 5.92 Å². The molecule has 0 aliphatic carbocycles. The Balaban J connectivity index is 1.99. The van der Waals surface area contributed by atoms with Crippen molar-refractivity contribution in [3.05, 3.63) is 71.8 Å². The smallest absolute Gasteiger partial charge is 0.174 e. The predicted molar refractivity (Wildman–Crippen MR) is 85.8 cm³/mol. The monoisotopic (exact) mass is 296 g/mol. The van der Waals surface area contributed by atoms with E-state index in [0.717, 1.165) is 12.1 Å². The molecule has 1 aliphatic rings. The summed E-state index contributed by atoms with van der Waals surface area (Å²) >= 11 is 0. The maximum absolute atomic E-state index is 13.0. The lowest BCUT2D eigenvalue weighted by Gasteiger charge is -2.41. The predicted octanol–water partition coefficient (Wildman–Crippen LogP) is 1.29. The van der Waals surface area contributed by atoms with E-state index in [0.29, 0.717) is 18.5 Å². The number of Topliss-reactive ketones (excluding diaryl/α,β-unsaturated/α-hetero) is 1. The molecule has 0 amide bonds. The number of hydrogen-bond donors (Lipinski definition) is 2. The molecule has 0 saturated carbocycles. The highest BCUT2D eigenvalue weighted by Crippen LogP contribution is 2.35. The first-order valence-corrected chi connectivity index (χ1v) is 7.80. The highest BCUT2D eigenvalue weighted by atomic mass is 16.3. The van der Waals surface area contributed by atoms with Crippen LogP contribution in [-0.2, 0) is 5.60 Å². The second kappa shape index (κ2) is 6.03. The van der Waals surface area contributed by atoms with E-state index in [-0.39, 0.29) is 5.78 Å². The topological polar surface area (TPSA) is 41.7 Å². The molecule has 2 aromatic carbocycles. The Morgan fingerprint density at radius 1 is 1.09 bits per heavy atom. The highest BCUT2D eigenvalue weighted by Gasteiger charge is 2.48. The molecule has 0 radical (unpaired) electrons. The number of nitrogens with one attached hydrogen (secondary N) is 1. The van der Waals surface area contributed by atoms with Crippen molar-refractivity contribution in [2.45, 2.75) is 12.0 Å². The summed E-state index contributed by atoms with van der Waals surface area (Å²) < 4.78 is 0. The first-order chi connectivity index (χ1) is 10.6. The number of piperidine rings is 1. The van der Waals surface area contributed by atoms with Crippen LogP contribution in [0.5, 0.6) is 0 Å². The molecular formula is C19H22NO2+. The summed E-state index contributed by atoms with van der Waals surface area (Å²) in [5.74, 6) is -0.378. The number of likely N-dealkylation sites (tertiary alicyclic amines) is 1. The Kier molecular flexibility index (Phi) is 4.10. The van der Waals surface area contributed by atoms with Crippen LogP contribution < -0.4 is 4.90 Å². The molecule has 0 aromatic heterocycles. The van der Waals surface area contributed by atoms with Crippen molar-refractivity contribution in [2.24, 2.45) is 5.92 Å². The number of rotatable bonds is 3. The van der Waals surface area contributed by atoms with Crippen molar-refractivity contribution in [1.82, 2.24) is 0 Å². The van der Waals surface area contributed by atoms with Crippen LogP contribution in [0.15, 0.2) is 60.7 Å². The lowest BCUT2D eigenvalue weighted by atomic mass is 9.73. The molecule has 1 heterocycles.